The fourth-order valence-electron chi connectivity index (χ4n) is 2.27. The van der Waals surface area contributed by atoms with E-state index in [0.717, 1.165) is 36.7 Å². The second kappa shape index (κ2) is 7.79. The van der Waals surface area contributed by atoms with Gasteiger partial charge in [0, 0.05) is 23.0 Å². The molecule has 0 radical (unpaired) electrons. The van der Waals surface area contributed by atoms with Gasteiger partial charge in [0.15, 0.2) is 0 Å². The highest BCUT2D eigenvalue weighted by molar-refractivity contribution is 9.10. The predicted octanol–water partition coefficient (Wildman–Crippen LogP) is 3.55. The van der Waals surface area contributed by atoms with Gasteiger partial charge in [-0.3, -0.25) is 4.79 Å². The van der Waals surface area contributed by atoms with Crippen molar-refractivity contribution in [2.45, 2.75) is 51.1 Å². The predicted molar refractivity (Wildman–Crippen MR) is 85.6 cm³/mol. The van der Waals surface area contributed by atoms with E-state index in [1.165, 1.54) is 5.56 Å². The van der Waals surface area contributed by atoms with E-state index in [2.05, 4.69) is 51.7 Å². The summed E-state index contributed by atoms with van der Waals surface area (Å²) in [6.45, 7) is 3.06. The van der Waals surface area contributed by atoms with Crippen molar-refractivity contribution in [3.8, 4) is 0 Å². The zero-order valence-corrected chi connectivity index (χ0v) is 13.6. The van der Waals surface area contributed by atoms with Gasteiger partial charge in [0.1, 0.15) is 0 Å². The largest absolute Gasteiger partial charge is 0.353 e. The van der Waals surface area contributed by atoms with Gasteiger partial charge in [-0.15, -0.1) is 0 Å². The molecule has 1 aromatic carbocycles. The number of benzene rings is 1. The number of hydrogen-bond donors (Lipinski definition) is 2. The van der Waals surface area contributed by atoms with Crippen LogP contribution in [0, 0.1) is 0 Å². The van der Waals surface area contributed by atoms with Crippen molar-refractivity contribution >= 4 is 21.8 Å². The maximum atomic E-state index is 11.6. The second-order valence-electron chi connectivity index (χ2n) is 5.42. The third-order valence-electron chi connectivity index (χ3n) is 3.57. The fraction of sp³-hybridized carbons (Fsp3) is 0.562. The Balaban J connectivity index is 1.69. The van der Waals surface area contributed by atoms with Gasteiger partial charge in [-0.1, -0.05) is 35.0 Å². The second-order valence-corrected chi connectivity index (χ2v) is 6.33. The van der Waals surface area contributed by atoms with Gasteiger partial charge in [0.2, 0.25) is 5.91 Å². The van der Waals surface area contributed by atoms with E-state index in [1.54, 1.807) is 0 Å². The van der Waals surface area contributed by atoms with Gasteiger partial charge in [-0.05, 0) is 49.9 Å². The lowest BCUT2D eigenvalue weighted by molar-refractivity contribution is -0.121. The summed E-state index contributed by atoms with van der Waals surface area (Å²) < 4.78 is 1.11. The van der Waals surface area contributed by atoms with Crippen LogP contribution in [0.4, 0.5) is 0 Å². The Morgan fingerprint density at radius 2 is 2.25 bits per heavy atom. The van der Waals surface area contributed by atoms with Gasteiger partial charge in [-0.25, -0.2) is 0 Å². The van der Waals surface area contributed by atoms with Crippen LogP contribution in [-0.4, -0.2) is 18.5 Å². The summed E-state index contributed by atoms with van der Waals surface area (Å²) in [5.41, 5.74) is 1.30. The van der Waals surface area contributed by atoms with E-state index in [9.17, 15) is 4.79 Å². The van der Waals surface area contributed by atoms with Gasteiger partial charge in [0.05, 0.1) is 0 Å². The topological polar surface area (TPSA) is 41.1 Å². The van der Waals surface area contributed by atoms with Crippen molar-refractivity contribution in [2.24, 2.45) is 0 Å². The molecule has 0 spiro atoms. The van der Waals surface area contributed by atoms with Crippen LogP contribution in [0.25, 0.3) is 0 Å². The smallest absolute Gasteiger partial charge is 0.220 e. The number of carbonyl (C=O) groups excluding carboxylic acids is 1. The third-order valence-corrected chi connectivity index (χ3v) is 4.07. The maximum absolute atomic E-state index is 11.6. The van der Waals surface area contributed by atoms with E-state index >= 15 is 0 Å². The normalized spacial score (nSPS) is 15.9. The van der Waals surface area contributed by atoms with E-state index in [0.29, 0.717) is 18.5 Å². The quantitative estimate of drug-likeness (QED) is 0.711. The molecule has 0 heterocycles. The van der Waals surface area contributed by atoms with Crippen molar-refractivity contribution in [1.29, 1.82) is 0 Å². The molecule has 0 aliphatic heterocycles. The Morgan fingerprint density at radius 1 is 1.45 bits per heavy atom. The molecule has 0 aromatic heterocycles. The van der Waals surface area contributed by atoms with Crippen LogP contribution in [0.15, 0.2) is 28.7 Å². The highest BCUT2D eigenvalue weighted by Gasteiger charge is 2.22. The fourth-order valence-corrected chi connectivity index (χ4v) is 2.69. The minimum Gasteiger partial charge on any atom is -0.353 e. The summed E-state index contributed by atoms with van der Waals surface area (Å²) in [5, 5.41) is 6.56. The molecule has 20 heavy (non-hydrogen) atoms. The molecule has 4 heteroatoms. The van der Waals surface area contributed by atoms with Crippen LogP contribution < -0.4 is 10.6 Å². The molecule has 1 aliphatic rings. The molecule has 2 N–H and O–H groups in total. The van der Waals surface area contributed by atoms with Crippen LogP contribution >= 0.6 is 15.9 Å². The Kier molecular flexibility index (Phi) is 6.05. The van der Waals surface area contributed by atoms with E-state index < -0.39 is 0 Å². The lowest BCUT2D eigenvalue weighted by atomic mass is 10.0. The molecule has 0 bridgehead atoms. The maximum Gasteiger partial charge on any atom is 0.220 e. The molecule has 2 rings (SSSR count). The number of hydrogen-bond acceptors (Lipinski definition) is 2. The van der Waals surface area contributed by atoms with Gasteiger partial charge in [-0.2, -0.15) is 0 Å². The SMILES string of the molecule is CCC(NCCCC(=O)NC1CC1)c1cccc(Br)c1. The zero-order chi connectivity index (χ0) is 14.4. The Bertz CT molecular complexity index is 446. The molecule has 1 saturated carbocycles. The molecule has 1 aliphatic carbocycles. The molecule has 3 nitrogen and oxygen atoms in total. The first kappa shape index (κ1) is 15.5. The minimum absolute atomic E-state index is 0.199. The zero-order valence-electron chi connectivity index (χ0n) is 12.0. The van der Waals surface area contributed by atoms with Crippen LogP contribution in [0.1, 0.15) is 50.6 Å². The summed E-state index contributed by atoms with van der Waals surface area (Å²) in [5.74, 6) is 0.199. The number of halogens is 1. The first-order valence-electron chi connectivity index (χ1n) is 7.47. The third kappa shape index (κ3) is 5.25. The first-order valence-corrected chi connectivity index (χ1v) is 8.26. The molecule has 1 atom stereocenters. The Morgan fingerprint density at radius 3 is 2.90 bits per heavy atom. The van der Waals surface area contributed by atoms with Crippen molar-refractivity contribution < 1.29 is 4.79 Å². The molecule has 1 amide bonds. The Hall–Kier alpha value is -0.870. The van der Waals surface area contributed by atoms with Crippen molar-refractivity contribution in [3.05, 3.63) is 34.3 Å². The number of rotatable bonds is 8. The minimum atomic E-state index is 0.199. The molecule has 1 fully saturated rings. The summed E-state index contributed by atoms with van der Waals surface area (Å²) in [7, 11) is 0. The van der Waals surface area contributed by atoms with Crippen molar-refractivity contribution in [1.82, 2.24) is 10.6 Å². The van der Waals surface area contributed by atoms with Gasteiger partial charge >= 0.3 is 0 Å². The van der Waals surface area contributed by atoms with Gasteiger partial charge < -0.3 is 10.6 Å². The van der Waals surface area contributed by atoms with Crippen LogP contribution in [0.3, 0.4) is 0 Å². The van der Waals surface area contributed by atoms with E-state index in [4.69, 9.17) is 0 Å². The molecule has 1 unspecified atom stereocenters. The lowest BCUT2D eigenvalue weighted by Crippen LogP contribution is -2.27. The molecule has 1 aromatic rings. The molecule has 0 saturated heterocycles. The molecular weight excluding hydrogens is 316 g/mol. The van der Waals surface area contributed by atoms with Crippen LogP contribution in [0.5, 0.6) is 0 Å². The number of amides is 1. The van der Waals surface area contributed by atoms with Gasteiger partial charge in [0.25, 0.3) is 0 Å². The number of carbonyl (C=O) groups is 1. The summed E-state index contributed by atoms with van der Waals surface area (Å²) in [4.78, 5) is 11.6. The van der Waals surface area contributed by atoms with Crippen molar-refractivity contribution in [2.75, 3.05) is 6.54 Å². The number of nitrogens with one attached hydrogen (secondary N) is 2. The Labute approximate surface area is 129 Å². The van der Waals surface area contributed by atoms with Crippen LogP contribution in [0.2, 0.25) is 0 Å². The monoisotopic (exact) mass is 338 g/mol. The van der Waals surface area contributed by atoms with Crippen molar-refractivity contribution in [3.63, 3.8) is 0 Å². The summed E-state index contributed by atoms with van der Waals surface area (Å²) in [6.07, 6.45) is 4.88. The molecular formula is C16H23BrN2O. The highest BCUT2D eigenvalue weighted by atomic mass is 79.9. The summed E-state index contributed by atoms with van der Waals surface area (Å²) >= 11 is 3.51. The van der Waals surface area contributed by atoms with E-state index in [-0.39, 0.29) is 5.91 Å². The average Bonchev–Trinajstić information content (AvgIpc) is 3.22. The molecule has 110 valence electrons. The summed E-state index contributed by atoms with van der Waals surface area (Å²) in [6, 6.07) is 9.23. The lowest BCUT2D eigenvalue weighted by Gasteiger charge is -2.17. The average molecular weight is 339 g/mol. The highest BCUT2D eigenvalue weighted by Crippen LogP contribution is 2.21. The first-order chi connectivity index (χ1) is 9.69. The van der Waals surface area contributed by atoms with Crippen LogP contribution in [-0.2, 0) is 4.79 Å². The standard InChI is InChI=1S/C16H23BrN2O/c1-2-15(12-5-3-6-13(17)11-12)18-10-4-7-16(20)19-14-8-9-14/h3,5-6,11,14-15,18H,2,4,7-10H2,1H3,(H,19,20). The van der Waals surface area contributed by atoms with E-state index in [1.807, 2.05) is 6.07 Å².